The molecule has 26 heavy (non-hydrogen) atoms. The largest absolute Gasteiger partial charge is 0.496 e. The Hall–Kier alpha value is -3.49. The van der Waals surface area contributed by atoms with Crippen molar-refractivity contribution in [2.24, 2.45) is 0 Å². The Kier molecular flexibility index (Phi) is 6.60. The predicted molar refractivity (Wildman–Crippen MR) is 91.7 cm³/mol. The summed E-state index contributed by atoms with van der Waals surface area (Å²) in [4.78, 5) is 45.1. The predicted octanol–water partition coefficient (Wildman–Crippen LogP) is 0.421. The van der Waals surface area contributed by atoms with Gasteiger partial charge in [-0.25, -0.2) is 9.97 Å². The van der Waals surface area contributed by atoms with E-state index in [2.05, 4.69) is 15.3 Å². The summed E-state index contributed by atoms with van der Waals surface area (Å²) in [6.07, 6.45) is 3.09. The Morgan fingerprint density at radius 1 is 1.12 bits per heavy atom. The van der Waals surface area contributed by atoms with Crippen LogP contribution >= 0.6 is 0 Å². The van der Waals surface area contributed by atoms with Crippen LogP contribution in [0.5, 0.6) is 5.75 Å². The molecule has 0 fully saturated rings. The third-order valence-corrected chi connectivity index (χ3v) is 3.23. The van der Waals surface area contributed by atoms with Gasteiger partial charge < -0.3 is 14.4 Å². The zero-order valence-corrected chi connectivity index (χ0v) is 14.3. The number of ether oxygens (including phenoxy) is 2. The van der Waals surface area contributed by atoms with Crippen LogP contribution in [0.1, 0.15) is 10.4 Å². The minimum atomic E-state index is -0.743. The van der Waals surface area contributed by atoms with E-state index in [9.17, 15) is 14.4 Å². The maximum atomic E-state index is 12.1. The number of methoxy groups -OCH3 is 1. The molecule has 1 heterocycles. The molecule has 2 aromatic rings. The summed E-state index contributed by atoms with van der Waals surface area (Å²) < 4.78 is 9.91. The van der Waals surface area contributed by atoms with E-state index < -0.39 is 24.4 Å². The van der Waals surface area contributed by atoms with Crippen LogP contribution in [0.15, 0.2) is 42.7 Å². The van der Waals surface area contributed by atoms with Crippen LogP contribution in [0.2, 0.25) is 0 Å². The molecule has 0 aliphatic carbocycles. The van der Waals surface area contributed by atoms with Crippen molar-refractivity contribution in [2.45, 2.75) is 0 Å². The highest BCUT2D eigenvalue weighted by Gasteiger charge is 2.17. The van der Waals surface area contributed by atoms with Gasteiger partial charge in [0.15, 0.2) is 6.61 Å². The lowest BCUT2D eigenvalue weighted by Crippen LogP contribution is -2.36. The van der Waals surface area contributed by atoms with Crippen LogP contribution in [0.3, 0.4) is 0 Å². The Labute approximate surface area is 150 Å². The molecule has 2 rings (SSSR count). The number of hydrogen-bond donors (Lipinski definition) is 1. The second kappa shape index (κ2) is 9.11. The number of anilines is 1. The molecule has 9 nitrogen and oxygen atoms in total. The third-order valence-electron chi connectivity index (χ3n) is 3.23. The molecule has 0 spiro atoms. The maximum Gasteiger partial charge on any atom is 0.326 e. The van der Waals surface area contributed by atoms with Crippen LogP contribution in [0.25, 0.3) is 0 Å². The van der Waals surface area contributed by atoms with Gasteiger partial charge in [0.05, 0.1) is 12.7 Å². The molecule has 0 saturated carbocycles. The molecule has 1 aromatic heterocycles. The van der Waals surface area contributed by atoms with Gasteiger partial charge in [-0.15, -0.1) is 0 Å². The maximum absolute atomic E-state index is 12.1. The first-order valence-corrected chi connectivity index (χ1v) is 7.62. The van der Waals surface area contributed by atoms with Crippen LogP contribution in [-0.4, -0.2) is 55.1 Å². The molecule has 0 aliphatic heterocycles. The zero-order chi connectivity index (χ0) is 18.9. The molecule has 2 amide bonds. The highest BCUT2D eigenvalue weighted by molar-refractivity contribution is 6.06. The van der Waals surface area contributed by atoms with Crippen LogP contribution in [0.4, 0.5) is 5.95 Å². The molecule has 0 radical (unpaired) electrons. The van der Waals surface area contributed by atoms with Crippen molar-refractivity contribution in [3.8, 4) is 5.75 Å². The van der Waals surface area contributed by atoms with E-state index in [0.29, 0.717) is 11.7 Å². The van der Waals surface area contributed by atoms with Gasteiger partial charge in [-0.2, -0.15) is 0 Å². The Balaban J connectivity index is 1.81. The fourth-order valence-corrected chi connectivity index (χ4v) is 2.01. The van der Waals surface area contributed by atoms with Crippen molar-refractivity contribution in [1.29, 1.82) is 0 Å². The highest BCUT2D eigenvalue weighted by Crippen LogP contribution is 2.16. The normalized spacial score (nSPS) is 9.92. The van der Waals surface area contributed by atoms with Gasteiger partial charge >= 0.3 is 5.97 Å². The first-order valence-electron chi connectivity index (χ1n) is 7.62. The standard InChI is InChI=1S/C17H18N4O5/c1-21(17-18-8-5-9-19-17)10-15(23)26-11-14(22)20-16(24)12-6-3-4-7-13(12)25-2/h3-9H,10-11H2,1-2H3,(H,20,22,24). The summed E-state index contributed by atoms with van der Waals surface area (Å²) in [5.41, 5.74) is 0.204. The molecule has 9 heteroatoms. The number of nitrogens with zero attached hydrogens (tertiary/aromatic N) is 3. The number of carbonyl (C=O) groups excluding carboxylic acids is 3. The van der Waals surface area contributed by atoms with Gasteiger partial charge in [-0.1, -0.05) is 12.1 Å². The zero-order valence-electron chi connectivity index (χ0n) is 14.3. The van der Waals surface area contributed by atoms with E-state index >= 15 is 0 Å². The van der Waals surface area contributed by atoms with Gasteiger partial charge in [0, 0.05) is 19.4 Å². The van der Waals surface area contributed by atoms with Crippen LogP contribution in [0, 0.1) is 0 Å². The fourth-order valence-electron chi connectivity index (χ4n) is 2.01. The second-order valence-corrected chi connectivity index (χ2v) is 5.14. The molecule has 0 unspecified atom stereocenters. The average Bonchev–Trinajstić information content (AvgIpc) is 2.67. The smallest absolute Gasteiger partial charge is 0.326 e. The first kappa shape index (κ1) is 18.8. The fraction of sp³-hybridized carbons (Fsp3) is 0.235. The summed E-state index contributed by atoms with van der Waals surface area (Å²) in [5, 5.41) is 2.14. The number of carbonyl (C=O) groups is 3. The second-order valence-electron chi connectivity index (χ2n) is 5.14. The van der Waals surface area contributed by atoms with Gasteiger partial charge in [0.2, 0.25) is 5.95 Å². The topological polar surface area (TPSA) is 111 Å². The van der Waals surface area contributed by atoms with E-state index in [4.69, 9.17) is 9.47 Å². The van der Waals surface area contributed by atoms with E-state index in [0.717, 1.165) is 0 Å². The van der Waals surface area contributed by atoms with Crippen molar-refractivity contribution in [3.63, 3.8) is 0 Å². The number of nitrogens with one attached hydrogen (secondary N) is 1. The summed E-state index contributed by atoms with van der Waals surface area (Å²) in [5.74, 6) is -1.36. The van der Waals surface area contributed by atoms with Gasteiger partial charge in [-0.3, -0.25) is 19.7 Å². The quantitative estimate of drug-likeness (QED) is 0.709. The number of aromatic nitrogens is 2. The van der Waals surface area contributed by atoms with E-state index in [1.807, 2.05) is 0 Å². The molecule has 136 valence electrons. The summed E-state index contributed by atoms with van der Waals surface area (Å²) in [6, 6.07) is 8.11. The minimum Gasteiger partial charge on any atom is -0.496 e. The highest BCUT2D eigenvalue weighted by atomic mass is 16.5. The Bertz CT molecular complexity index is 782. The van der Waals surface area contributed by atoms with Crippen molar-refractivity contribution in [3.05, 3.63) is 48.3 Å². The van der Waals surface area contributed by atoms with E-state index in [1.54, 1.807) is 43.7 Å². The van der Waals surface area contributed by atoms with Crippen LogP contribution < -0.4 is 15.0 Å². The van der Waals surface area contributed by atoms with Gasteiger partial charge in [0.25, 0.3) is 11.8 Å². The third kappa shape index (κ3) is 5.26. The van der Waals surface area contributed by atoms with E-state index in [1.165, 1.54) is 18.1 Å². The number of amides is 2. The van der Waals surface area contributed by atoms with Crippen LogP contribution in [-0.2, 0) is 14.3 Å². The summed E-state index contributed by atoms with van der Waals surface area (Å²) in [6.45, 7) is -0.721. The van der Waals surface area contributed by atoms with Gasteiger partial charge in [0.1, 0.15) is 12.3 Å². The average molecular weight is 358 g/mol. The van der Waals surface area contributed by atoms with Crippen molar-refractivity contribution in [1.82, 2.24) is 15.3 Å². The number of para-hydroxylation sites is 1. The lowest BCUT2D eigenvalue weighted by molar-refractivity contribution is -0.146. The molecular weight excluding hydrogens is 340 g/mol. The Morgan fingerprint density at radius 2 is 1.81 bits per heavy atom. The van der Waals surface area contributed by atoms with Gasteiger partial charge in [-0.05, 0) is 18.2 Å². The number of rotatable bonds is 7. The SMILES string of the molecule is COc1ccccc1C(=O)NC(=O)COC(=O)CN(C)c1ncccn1. The monoisotopic (exact) mass is 358 g/mol. The van der Waals surface area contributed by atoms with Crippen molar-refractivity contribution < 1.29 is 23.9 Å². The number of likely N-dealkylation sites (N-methyl/N-ethyl adjacent to an activating group) is 1. The molecular formula is C17H18N4O5. The summed E-state index contributed by atoms with van der Waals surface area (Å²) >= 11 is 0. The van der Waals surface area contributed by atoms with Crippen molar-refractivity contribution >= 4 is 23.7 Å². The number of imide groups is 1. The molecule has 1 aromatic carbocycles. The molecule has 0 aliphatic rings. The van der Waals surface area contributed by atoms with E-state index in [-0.39, 0.29) is 12.1 Å². The molecule has 1 N–H and O–H groups in total. The number of hydrogen-bond acceptors (Lipinski definition) is 8. The van der Waals surface area contributed by atoms with Crippen molar-refractivity contribution in [2.75, 3.05) is 32.2 Å². The first-order chi connectivity index (χ1) is 12.5. The molecule has 0 bridgehead atoms. The minimum absolute atomic E-state index is 0.141. The lowest BCUT2D eigenvalue weighted by atomic mass is 10.2. The Morgan fingerprint density at radius 3 is 2.50 bits per heavy atom. The lowest BCUT2D eigenvalue weighted by Gasteiger charge is -2.15. The number of esters is 1. The summed E-state index contributed by atoms with van der Waals surface area (Å²) in [7, 11) is 3.03. The number of benzene rings is 1. The molecule has 0 atom stereocenters. The molecule has 0 saturated heterocycles.